The highest BCUT2D eigenvalue weighted by Crippen LogP contribution is 2.19. The number of pyridine rings is 1. The fraction of sp³-hybridized carbons (Fsp3) is 0.154. The van der Waals surface area contributed by atoms with Crippen molar-refractivity contribution in [2.24, 2.45) is 0 Å². The van der Waals surface area contributed by atoms with Gasteiger partial charge in [0.15, 0.2) is 0 Å². The quantitative estimate of drug-likeness (QED) is 0.933. The molecule has 2 aromatic rings. The highest BCUT2D eigenvalue weighted by molar-refractivity contribution is 9.10. The van der Waals surface area contributed by atoms with Crippen LogP contribution in [0.25, 0.3) is 0 Å². The first-order valence-corrected chi connectivity index (χ1v) is 6.49. The minimum atomic E-state index is -0.201. The summed E-state index contributed by atoms with van der Waals surface area (Å²) >= 11 is 9.25. The van der Waals surface area contributed by atoms with Crippen LogP contribution in [0.15, 0.2) is 40.9 Å². The Morgan fingerprint density at radius 1 is 1.28 bits per heavy atom. The lowest BCUT2D eigenvalue weighted by Gasteiger charge is -2.07. The molecule has 3 nitrogen and oxygen atoms in total. The Morgan fingerprint density at radius 3 is 2.83 bits per heavy atom. The van der Waals surface area contributed by atoms with E-state index in [1.807, 2.05) is 24.3 Å². The molecular formula is C13H11BrClNO2. The van der Waals surface area contributed by atoms with Gasteiger partial charge in [0.25, 0.3) is 0 Å². The van der Waals surface area contributed by atoms with Crippen LogP contribution in [-0.4, -0.2) is 10.1 Å². The molecule has 0 unspecified atom stereocenters. The Balaban J connectivity index is 2.06. The number of aromatic nitrogens is 1. The van der Waals surface area contributed by atoms with Gasteiger partial charge in [-0.2, -0.15) is 0 Å². The first-order valence-electron chi connectivity index (χ1n) is 5.32. The molecule has 0 saturated heterocycles. The smallest absolute Gasteiger partial charge is 0.213 e. The van der Waals surface area contributed by atoms with Gasteiger partial charge in [-0.1, -0.05) is 39.7 Å². The normalized spacial score (nSPS) is 10.4. The van der Waals surface area contributed by atoms with Gasteiger partial charge in [-0.3, -0.25) is 0 Å². The zero-order chi connectivity index (χ0) is 13.0. The lowest BCUT2D eigenvalue weighted by Crippen LogP contribution is -1.99. The Morgan fingerprint density at radius 2 is 2.11 bits per heavy atom. The molecule has 0 radical (unpaired) electrons. The molecule has 18 heavy (non-hydrogen) atoms. The van der Waals surface area contributed by atoms with Gasteiger partial charge in [-0.05, 0) is 23.8 Å². The molecule has 0 bridgehead atoms. The molecule has 1 aromatic heterocycles. The number of nitrogens with zero attached hydrogens (tertiary/aromatic N) is 1. The van der Waals surface area contributed by atoms with Gasteiger partial charge in [-0.25, -0.2) is 4.98 Å². The number of halogens is 2. The predicted octanol–water partition coefficient (Wildman–Crippen LogP) is 3.57. The summed E-state index contributed by atoms with van der Waals surface area (Å²) in [5.74, 6) is 0.448. The minimum absolute atomic E-state index is 0.201. The summed E-state index contributed by atoms with van der Waals surface area (Å²) in [6.07, 6.45) is 0. The van der Waals surface area contributed by atoms with Gasteiger partial charge < -0.3 is 9.84 Å². The summed E-state index contributed by atoms with van der Waals surface area (Å²) in [5.41, 5.74) is 1.45. The van der Waals surface area contributed by atoms with Crippen molar-refractivity contribution in [1.82, 2.24) is 4.98 Å². The molecule has 2 rings (SSSR count). The zero-order valence-electron chi connectivity index (χ0n) is 9.44. The number of ether oxygens (including phenoxy) is 1. The van der Waals surface area contributed by atoms with Gasteiger partial charge in [0, 0.05) is 10.5 Å². The average Bonchev–Trinajstić information content (AvgIpc) is 2.38. The molecular weight excluding hydrogens is 318 g/mol. The first-order chi connectivity index (χ1) is 8.69. The lowest BCUT2D eigenvalue weighted by molar-refractivity contribution is 0.266. The molecule has 1 aromatic carbocycles. The standard InChI is InChI=1S/C13H11BrClNO2/c14-10-3-1-2-9(6-10)8-18-13-5-4-11(15)12(7-17)16-13/h1-6,17H,7-8H2. The van der Waals surface area contributed by atoms with Crippen LogP contribution in [0.2, 0.25) is 5.02 Å². The molecule has 0 aliphatic heterocycles. The summed E-state index contributed by atoms with van der Waals surface area (Å²) in [6, 6.07) is 11.2. The van der Waals surface area contributed by atoms with E-state index in [1.54, 1.807) is 12.1 Å². The van der Waals surface area contributed by atoms with Crippen LogP contribution in [0.5, 0.6) is 5.88 Å². The Labute approximate surface area is 119 Å². The van der Waals surface area contributed by atoms with E-state index in [0.29, 0.717) is 23.2 Å². The van der Waals surface area contributed by atoms with Gasteiger partial charge >= 0.3 is 0 Å². The summed E-state index contributed by atoms with van der Waals surface area (Å²) in [6.45, 7) is 0.214. The van der Waals surface area contributed by atoms with Gasteiger partial charge in [0.2, 0.25) is 5.88 Å². The fourth-order valence-corrected chi connectivity index (χ4v) is 2.05. The monoisotopic (exact) mass is 327 g/mol. The molecule has 1 heterocycles. The van der Waals surface area contributed by atoms with E-state index in [2.05, 4.69) is 20.9 Å². The average molecular weight is 329 g/mol. The third kappa shape index (κ3) is 3.45. The van der Waals surface area contributed by atoms with Crippen molar-refractivity contribution in [3.05, 3.63) is 57.2 Å². The number of rotatable bonds is 4. The lowest BCUT2D eigenvalue weighted by atomic mass is 10.2. The maximum atomic E-state index is 9.06. The van der Waals surface area contributed by atoms with Crippen LogP contribution in [0.3, 0.4) is 0 Å². The van der Waals surface area contributed by atoms with Crippen LogP contribution in [0.1, 0.15) is 11.3 Å². The fourth-order valence-electron chi connectivity index (χ4n) is 1.44. The highest BCUT2D eigenvalue weighted by atomic mass is 79.9. The van der Waals surface area contributed by atoms with E-state index in [9.17, 15) is 0 Å². The number of aliphatic hydroxyl groups is 1. The van der Waals surface area contributed by atoms with E-state index in [4.69, 9.17) is 21.4 Å². The summed E-state index contributed by atoms with van der Waals surface area (Å²) in [5, 5.41) is 9.49. The second kappa shape index (κ2) is 6.18. The number of hydrogen-bond donors (Lipinski definition) is 1. The molecule has 1 N–H and O–H groups in total. The van der Waals surface area contributed by atoms with Crippen LogP contribution < -0.4 is 4.74 Å². The summed E-state index contributed by atoms with van der Waals surface area (Å²) in [7, 11) is 0. The maximum Gasteiger partial charge on any atom is 0.213 e. The first kappa shape index (κ1) is 13.3. The molecule has 0 spiro atoms. The molecule has 0 saturated carbocycles. The van der Waals surface area contributed by atoms with Crippen LogP contribution in [-0.2, 0) is 13.2 Å². The van der Waals surface area contributed by atoms with Gasteiger partial charge in [-0.15, -0.1) is 0 Å². The predicted molar refractivity (Wildman–Crippen MR) is 73.6 cm³/mol. The molecule has 0 aliphatic rings. The van der Waals surface area contributed by atoms with Crippen LogP contribution in [0.4, 0.5) is 0 Å². The molecule has 94 valence electrons. The van der Waals surface area contributed by atoms with Crippen molar-refractivity contribution in [1.29, 1.82) is 0 Å². The number of benzene rings is 1. The Kier molecular flexibility index (Phi) is 4.58. The van der Waals surface area contributed by atoms with E-state index in [-0.39, 0.29) is 6.61 Å². The Hall–Kier alpha value is -1.10. The van der Waals surface area contributed by atoms with Crippen molar-refractivity contribution < 1.29 is 9.84 Å². The number of aliphatic hydroxyl groups excluding tert-OH is 1. The summed E-state index contributed by atoms with van der Waals surface area (Å²) in [4.78, 5) is 4.11. The van der Waals surface area contributed by atoms with E-state index >= 15 is 0 Å². The highest BCUT2D eigenvalue weighted by Gasteiger charge is 2.04. The van der Waals surface area contributed by atoms with Crippen molar-refractivity contribution >= 4 is 27.5 Å². The summed E-state index contributed by atoms with van der Waals surface area (Å²) < 4.78 is 6.55. The maximum absolute atomic E-state index is 9.06. The minimum Gasteiger partial charge on any atom is -0.473 e. The largest absolute Gasteiger partial charge is 0.473 e. The van der Waals surface area contributed by atoms with Crippen LogP contribution >= 0.6 is 27.5 Å². The van der Waals surface area contributed by atoms with E-state index < -0.39 is 0 Å². The molecule has 5 heteroatoms. The van der Waals surface area contributed by atoms with Crippen molar-refractivity contribution in [3.8, 4) is 5.88 Å². The van der Waals surface area contributed by atoms with Gasteiger partial charge in [0.05, 0.1) is 17.3 Å². The van der Waals surface area contributed by atoms with Crippen molar-refractivity contribution in [2.75, 3.05) is 0 Å². The van der Waals surface area contributed by atoms with Crippen molar-refractivity contribution in [3.63, 3.8) is 0 Å². The van der Waals surface area contributed by atoms with Crippen molar-refractivity contribution in [2.45, 2.75) is 13.2 Å². The van der Waals surface area contributed by atoms with Crippen LogP contribution in [0, 0.1) is 0 Å². The third-order valence-corrected chi connectivity index (χ3v) is 3.16. The number of hydrogen-bond acceptors (Lipinski definition) is 3. The second-order valence-corrected chi connectivity index (χ2v) is 4.98. The molecule has 0 fully saturated rings. The molecule has 0 amide bonds. The SMILES string of the molecule is OCc1nc(OCc2cccc(Br)c2)ccc1Cl. The topological polar surface area (TPSA) is 42.4 Å². The van der Waals surface area contributed by atoms with E-state index in [0.717, 1.165) is 10.0 Å². The Bertz CT molecular complexity index is 548. The molecule has 0 aliphatic carbocycles. The molecule has 0 atom stereocenters. The van der Waals surface area contributed by atoms with E-state index in [1.165, 1.54) is 0 Å². The zero-order valence-corrected chi connectivity index (χ0v) is 11.8. The third-order valence-electron chi connectivity index (χ3n) is 2.32. The van der Waals surface area contributed by atoms with Gasteiger partial charge in [0.1, 0.15) is 6.61 Å². The second-order valence-electron chi connectivity index (χ2n) is 3.65.